The average Bonchev–Trinajstić information content (AvgIpc) is 2.11. The molecule has 0 aromatic carbocycles. The molecule has 0 aliphatic heterocycles. The summed E-state index contributed by atoms with van der Waals surface area (Å²) in [4.78, 5) is 11.2. The third-order valence-electron chi connectivity index (χ3n) is 1.87. The third kappa shape index (κ3) is 4.65. The van der Waals surface area contributed by atoms with Crippen LogP contribution in [0.4, 0.5) is 13.2 Å². The van der Waals surface area contributed by atoms with Crippen molar-refractivity contribution in [3.05, 3.63) is 12.2 Å². The van der Waals surface area contributed by atoms with E-state index in [0.29, 0.717) is 5.57 Å². The molecule has 94 valence electrons. The van der Waals surface area contributed by atoms with Gasteiger partial charge in [0.1, 0.15) is 0 Å². The number of hydrogen-bond acceptors (Lipinski definition) is 3. The van der Waals surface area contributed by atoms with E-state index >= 15 is 0 Å². The predicted molar refractivity (Wildman–Crippen MR) is 51.6 cm³/mol. The number of alkyl halides is 3. The minimum absolute atomic E-state index is 0.0316. The van der Waals surface area contributed by atoms with Gasteiger partial charge in [-0.1, -0.05) is 5.57 Å². The van der Waals surface area contributed by atoms with E-state index in [-0.39, 0.29) is 13.0 Å². The van der Waals surface area contributed by atoms with E-state index in [1.54, 1.807) is 0 Å². The quantitative estimate of drug-likeness (QED) is 0.591. The van der Waals surface area contributed by atoms with Crippen molar-refractivity contribution in [3.8, 4) is 0 Å². The zero-order valence-electron chi connectivity index (χ0n) is 9.17. The van der Waals surface area contributed by atoms with Crippen LogP contribution in [0.3, 0.4) is 0 Å². The smallest absolute Gasteiger partial charge is 0.415 e. The second-order valence-corrected chi connectivity index (χ2v) is 3.51. The summed E-state index contributed by atoms with van der Waals surface area (Å²) >= 11 is 0. The molecule has 0 aromatic heterocycles. The Balaban J connectivity index is 4.79. The molecule has 0 saturated carbocycles. The lowest BCUT2D eigenvalue weighted by Gasteiger charge is -2.23. The zero-order valence-corrected chi connectivity index (χ0v) is 9.17. The molecule has 0 fully saturated rings. The molecule has 0 aliphatic rings. The van der Waals surface area contributed by atoms with Crippen LogP contribution in [0.2, 0.25) is 0 Å². The molecule has 1 N–H and O–H groups in total. The van der Waals surface area contributed by atoms with Crippen molar-refractivity contribution >= 4 is 5.97 Å². The summed E-state index contributed by atoms with van der Waals surface area (Å²) in [7, 11) is 0. The van der Waals surface area contributed by atoms with Crippen LogP contribution in [-0.4, -0.2) is 30.0 Å². The summed E-state index contributed by atoms with van der Waals surface area (Å²) in [6.45, 7) is 6.35. The molecule has 0 heterocycles. The second-order valence-electron chi connectivity index (χ2n) is 3.51. The molecule has 0 bridgehead atoms. The predicted octanol–water partition coefficient (Wildman–Crippen LogP) is 2.06. The Morgan fingerprint density at radius 2 is 2.00 bits per heavy atom. The lowest BCUT2D eigenvalue weighted by Crippen LogP contribution is -2.41. The van der Waals surface area contributed by atoms with E-state index in [9.17, 15) is 18.0 Å². The SMILES string of the molecule is C=C(C)C[C@H](C(=O)OCC)C(O)C(F)(F)F. The maximum atomic E-state index is 12.3. The van der Waals surface area contributed by atoms with Gasteiger partial charge in [0.05, 0.1) is 12.5 Å². The number of esters is 1. The molecule has 0 aliphatic carbocycles. The topological polar surface area (TPSA) is 46.5 Å². The summed E-state index contributed by atoms with van der Waals surface area (Å²) < 4.78 is 41.3. The maximum absolute atomic E-state index is 12.3. The van der Waals surface area contributed by atoms with Crippen molar-refractivity contribution < 1.29 is 27.8 Å². The van der Waals surface area contributed by atoms with E-state index in [4.69, 9.17) is 5.11 Å². The first kappa shape index (κ1) is 15.0. The Hall–Kier alpha value is -1.04. The minimum Gasteiger partial charge on any atom is -0.466 e. The monoisotopic (exact) mass is 240 g/mol. The number of carbonyl (C=O) groups is 1. The van der Waals surface area contributed by atoms with Gasteiger partial charge in [0.15, 0.2) is 6.10 Å². The van der Waals surface area contributed by atoms with Gasteiger partial charge in [0, 0.05) is 0 Å². The standard InChI is InChI=1S/C10H15F3O3/c1-4-16-9(15)7(5-6(2)3)8(14)10(11,12)13/h7-8,14H,2,4-5H2,1,3H3/t7-,8?/m0/s1. The van der Waals surface area contributed by atoms with Gasteiger partial charge in [-0.05, 0) is 20.3 Å². The van der Waals surface area contributed by atoms with E-state index in [1.807, 2.05) is 0 Å². The number of hydrogen-bond donors (Lipinski definition) is 1. The number of ether oxygens (including phenoxy) is 1. The molecule has 0 aromatic rings. The fourth-order valence-electron chi connectivity index (χ4n) is 1.18. The van der Waals surface area contributed by atoms with Gasteiger partial charge in [0.25, 0.3) is 0 Å². The number of rotatable bonds is 5. The lowest BCUT2D eigenvalue weighted by atomic mass is 9.95. The molecular weight excluding hydrogens is 225 g/mol. The van der Waals surface area contributed by atoms with Crippen molar-refractivity contribution in [2.45, 2.75) is 32.5 Å². The van der Waals surface area contributed by atoms with Gasteiger partial charge < -0.3 is 9.84 Å². The summed E-state index contributed by atoms with van der Waals surface area (Å²) in [5, 5.41) is 9.02. The van der Waals surface area contributed by atoms with E-state index < -0.39 is 24.2 Å². The minimum atomic E-state index is -4.84. The highest BCUT2D eigenvalue weighted by Gasteiger charge is 2.46. The van der Waals surface area contributed by atoms with Crippen molar-refractivity contribution in [3.63, 3.8) is 0 Å². The van der Waals surface area contributed by atoms with Crippen molar-refractivity contribution in [2.24, 2.45) is 5.92 Å². The van der Waals surface area contributed by atoms with Gasteiger partial charge in [-0.15, -0.1) is 6.58 Å². The molecule has 0 spiro atoms. The maximum Gasteiger partial charge on any atom is 0.415 e. The molecule has 0 saturated heterocycles. The number of aliphatic hydroxyl groups excluding tert-OH is 1. The van der Waals surface area contributed by atoms with Gasteiger partial charge in [0.2, 0.25) is 0 Å². The van der Waals surface area contributed by atoms with Gasteiger partial charge in [-0.25, -0.2) is 0 Å². The van der Waals surface area contributed by atoms with Crippen LogP contribution in [0.15, 0.2) is 12.2 Å². The largest absolute Gasteiger partial charge is 0.466 e. The molecule has 2 atom stereocenters. The first-order chi connectivity index (χ1) is 7.20. The Bertz CT molecular complexity index is 261. The fraction of sp³-hybridized carbons (Fsp3) is 0.700. The van der Waals surface area contributed by atoms with Crippen LogP contribution in [0.1, 0.15) is 20.3 Å². The number of halogens is 3. The third-order valence-corrected chi connectivity index (χ3v) is 1.87. The van der Waals surface area contributed by atoms with Gasteiger partial charge in [-0.2, -0.15) is 13.2 Å². The van der Waals surface area contributed by atoms with Crippen molar-refractivity contribution in [1.29, 1.82) is 0 Å². The first-order valence-electron chi connectivity index (χ1n) is 4.76. The van der Waals surface area contributed by atoms with E-state index in [1.165, 1.54) is 13.8 Å². The number of aliphatic hydroxyl groups is 1. The molecule has 1 unspecified atom stereocenters. The average molecular weight is 240 g/mol. The first-order valence-corrected chi connectivity index (χ1v) is 4.76. The highest BCUT2D eigenvalue weighted by molar-refractivity contribution is 5.73. The molecule has 3 nitrogen and oxygen atoms in total. The second kappa shape index (κ2) is 5.89. The van der Waals surface area contributed by atoms with Crippen molar-refractivity contribution in [1.82, 2.24) is 0 Å². The van der Waals surface area contributed by atoms with Crippen LogP contribution in [0.25, 0.3) is 0 Å². The summed E-state index contributed by atoms with van der Waals surface area (Å²) in [6.07, 6.45) is -7.81. The van der Waals surface area contributed by atoms with Crippen molar-refractivity contribution in [2.75, 3.05) is 6.61 Å². The number of carbonyl (C=O) groups excluding carboxylic acids is 1. The molecule has 16 heavy (non-hydrogen) atoms. The zero-order chi connectivity index (χ0) is 12.9. The normalized spacial score (nSPS) is 15.4. The Morgan fingerprint density at radius 1 is 1.50 bits per heavy atom. The molecule has 6 heteroatoms. The van der Waals surface area contributed by atoms with E-state index in [0.717, 1.165) is 0 Å². The molecule has 0 rings (SSSR count). The van der Waals surface area contributed by atoms with Crippen LogP contribution in [0, 0.1) is 5.92 Å². The van der Waals surface area contributed by atoms with Crippen LogP contribution in [-0.2, 0) is 9.53 Å². The lowest BCUT2D eigenvalue weighted by molar-refractivity contribution is -0.223. The highest BCUT2D eigenvalue weighted by Crippen LogP contribution is 2.29. The Morgan fingerprint density at radius 3 is 2.31 bits per heavy atom. The Kier molecular flexibility index (Phi) is 5.50. The summed E-state index contributed by atoms with van der Waals surface area (Å²) in [5.74, 6) is -2.70. The van der Waals surface area contributed by atoms with Gasteiger partial charge >= 0.3 is 12.1 Å². The van der Waals surface area contributed by atoms with Gasteiger partial charge in [-0.3, -0.25) is 4.79 Å². The highest BCUT2D eigenvalue weighted by atomic mass is 19.4. The van der Waals surface area contributed by atoms with Crippen LogP contribution in [0.5, 0.6) is 0 Å². The number of allylic oxidation sites excluding steroid dienone is 1. The van der Waals surface area contributed by atoms with Crippen LogP contribution >= 0.6 is 0 Å². The molecular formula is C10H15F3O3. The summed E-state index contributed by atoms with van der Waals surface area (Å²) in [5.41, 5.74) is 0.376. The molecule has 0 radical (unpaired) electrons. The summed E-state index contributed by atoms with van der Waals surface area (Å²) in [6, 6.07) is 0. The molecule has 0 amide bonds. The Labute approximate surface area is 91.9 Å². The van der Waals surface area contributed by atoms with E-state index in [2.05, 4.69) is 11.3 Å². The van der Waals surface area contributed by atoms with Crippen LogP contribution < -0.4 is 0 Å². The fourth-order valence-corrected chi connectivity index (χ4v) is 1.18.